The van der Waals surface area contributed by atoms with Gasteiger partial charge in [-0.05, 0) is 47.7 Å². The van der Waals surface area contributed by atoms with Crippen molar-refractivity contribution in [2.24, 2.45) is 0 Å². The fraction of sp³-hybridized carbons (Fsp3) is 0.143. The highest BCUT2D eigenvalue weighted by atomic mass is 35.5. The van der Waals surface area contributed by atoms with Gasteiger partial charge in [-0.2, -0.15) is 13.2 Å². The summed E-state index contributed by atoms with van der Waals surface area (Å²) in [6, 6.07) is 10.1. The lowest BCUT2D eigenvalue weighted by Gasteiger charge is -2.13. The van der Waals surface area contributed by atoms with Crippen molar-refractivity contribution in [2.45, 2.75) is 16.9 Å². The molecule has 0 heterocycles. The molecule has 2 aromatic rings. The fourth-order valence-electron chi connectivity index (χ4n) is 1.74. The lowest BCUT2D eigenvalue weighted by molar-refractivity contribution is -0.0327. The number of thioether (sulfide) groups is 1. The third-order valence-corrected chi connectivity index (χ3v) is 3.54. The molecule has 0 unspecified atom stereocenters. The first-order valence-electron chi connectivity index (χ1n) is 5.87. The zero-order valence-corrected chi connectivity index (χ0v) is 12.1. The normalized spacial score (nSPS) is 11.5. The average Bonchev–Trinajstić information content (AvgIpc) is 2.35. The Kier molecular flexibility index (Phi) is 5.00. The van der Waals surface area contributed by atoms with Gasteiger partial charge in [-0.25, -0.2) is 4.39 Å². The number of nitrogens with one attached hydrogen (secondary N) is 1. The summed E-state index contributed by atoms with van der Waals surface area (Å²) in [7, 11) is 0. The zero-order valence-electron chi connectivity index (χ0n) is 10.5. The first kappa shape index (κ1) is 16.0. The highest BCUT2D eigenvalue weighted by molar-refractivity contribution is 8.00. The Bertz CT molecular complexity index is 610. The maximum Gasteiger partial charge on any atom is 0.446 e. The van der Waals surface area contributed by atoms with Crippen molar-refractivity contribution in [1.29, 1.82) is 0 Å². The van der Waals surface area contributed by atoms with Gasteiger partial charge in [0.2, 0.25) is 0 Å². The van der Waals surface area contributed by atoms with Crippen LogP contribution in [-0.2, 0) is 6.54 Å². The highest BCUT2D eigenvalue weighted by Crippen LogP contribution is 2.40. The van der Waals surface area contributed by atoms with Crippen molar-refractivity contribution in [2.75, 3.05) is 5.32 Å². The molecule has 2 rings (SSSR count). The number of para-hydroxylation sites is 1. The van der Waals surface area contributed by atoms with Crippen LogP contribution < -0.4 is 5.32 Å². The number of halogens is 5. The standard InChI is InChI=1S/C14H10ClF4NS/c15-10-5-9(6-11(16)7-10)8-20-12-3-1-2-4-13(12)21-14(17,18)19/h1-7,20H,8H2. The second kappa shape index (κ2) is 6.58. The van der Waals surface area contributed by atoms with Crippen LogP contribution in [0.4, 0.5) is 23.2 Å². The van der Waals surface area contributed by atoms with Gasteiger partial charge in [-0.15, -0.1) is 0 Å². The summed E-state index contributed by atoms with van der Waals surface area (Å²) in [5.41, 5.74) is -3.48. The Labute approximate surface area is 128 Å². The van der Waals surface area contributed by atoms with E-state index in [0.717, 1.165) is 0 Å². The van der Waals surface area contributed by atoms with Crippen LogP contribution >= 0.6 is 23.4 Å². The van der Waals surface area contributed by atoms with E-state index in [2.05, 4.69) is 5.32 Å². The highest BCUT2D eigenvalue weighted by Gasteiger charge is 2.30. The van der Waals surface area contributed by atoms with Crippen LogP contribution in [0.15, 0.2) is 47.4 Å². The Balaban J connectivity index is 2.13. The molecule has 0 aliphatic heterocycles. The van der Waals surface area contributed by atoms with Crippen LogP contribution in [0.1, 0.15) is 5.56 Å². The van der Waals surface area contributed by atoms with E-state index in [9.17, 15) is 17.6 Å². The van der Waals surface area contributed by atoms with E-state index in [-0.39, 0.29) is 28.2 Å². The molecular formula is C14H10ClF4NS. The van der Waals surface area contributed by atoms with Gasteiger partial charge >= 0.3 is 5.51 Å². The van der Waals surface area contributed by atoms with Gasteiger partial charge in [0.1, 0.15) is 5.82 Å². The van der Waals surface area contributed by atoms with Crippen molar-refractivity contribution >= 4 is 29.1 Å². The van der Waals surface area contributed by atoms with Crippen molar-refractivity contribution in [3.63, 3.8) is 0 Å². The maximum atomic E-state index is 13.2. The minimum absolute atomic E-state index is 0.0625. The van der Waals surface area contributed by atoms with Crippen LogP contribution in [0.3, 0.4) is 0 Å². The number of rotatable bonds is 4. The quantitative estimate of drug-likeness (QED) is 0.568. The van der Waals surface area contributed by atoms with Gasteiger partial charge in [-0.3, -0.25) is 0 Å². The molecule has 0 fully saturated rings. The number of benzene rings is 2. The number of anilines is 1. The Morgan fingerprint density at radius 1 is 1.10 bits per heavy atom. The SMILES string of the molecule is Fc1cc(Cl)cc(CNc2ccccc2SC(F)(F)F)c1. The summed E-state index contributed by atoms with van der Waals surface area (Å²) < 4.78 is 50.6. The molecule has 0 aliphatic rings. The summed E-state index contributed by atoms with van der Waals surface area (Å²) in [4.78, 5) is 0.0625. The van der Waals surface area contributed by atoms with E-state index < -0.39 is 11.3 Å². The number of hydrogen-bond acceptors (Lipinski definition) is 2. The predicted octanol–water partition coefficient (Wildman–Crippen LogP) is 5.70. The van der Waals surface area contributed by atoms with Crippen molar-refractivity contribution in [3.8, 4) is 0 Å². The molecule has 1 N–H and O–H groups in total. The molecule has 112 valence electrons. The Morgan fingerprint density at radius 2 is 1.81 bits per heavy atom. The van der Waals surface area contributed by atoms with Gasteiger partial charge in [0.15, 0.2) is 0 Å². The molecule has 0 atom stereocenters. The molecular weight excluding hydrogens is 326 g/mol. The molecule has 0 saturated heterocycles. The van der Waals surface area contributed by atoms with Crippen molar-refractivity contribution in [3.05, 3.63) is 58.9 Å². The summed E-state index contributed by atoms with van der Waals surface area (Å²) in [5, 5.41) is 3.10. The van der Waals surface area contributed by atoms with Gasteiger partial charge < -0.3 is 5.32 Å². The molecule has 0 spiro atoms. The van der Waals surface area contributed by atoms with E-state index in [4.69, 9.17) is 11.6 Å². The minimum atomic E-state index is -4.36. The third kappa shape index (κ3) is 5.13. The third-order valence-electron chi connectivity index (χ3n) is 2.52. The lowest BCUT2D eigenvalue weighted by atomic mass is 10.2. The van der Waals surface area contributed by atoms with Crippen LogP contribution in [0.5, 0.6) is 0 Å². The van der Waals surface area contributed by atoms with Crippen molar-refractivity contribution in [1.82, 2.24) is 0 Å². The molecule has 2 aromatic carbocycles. The molecule has 0 bridgehead atoms. The van der Waals surface area contributed by atoms with E-state index in [1.807, 2.05) is 0 Å². The fourth-order valence-corrected chi connectivity index (χ4v) is 2.63. The topological polar surface area (TPSA) is 12.0 Å². The van der Waals surface area contributed by atoms with Crippen LogP contribution in [0.2, 0.25) is 5.02 Å². The lowest BCUT2D eigenvalue weighted by Crippen LogP contribution is -2.04. The van der Waals surface area contributed by atoms with E-state index in [0.29, 0.717) is 11.3 Å². The van der Waals surface area contributed by atoms with E-state index >= 15 is 0 Å². The molecule has 0 aromatic heterocycles. The molecule has 21 heavy (non-hydrogen) atoms. The molecule has 0 amide bonds. The molecule has 0 radical (unpaired) electrons. The first-order chi connectivity index (χ1) is 9.83. The predicted molar refractivity (Wildman–Crippen MR) is 77.1 cm³/mol. The summed E-state index contributed by atoms with van der Waals surface area (Å²) >= 11 is 5.54. The Morgan fingerprint density at radius 3 is 2.48 bits per heavy atom. The first-order valence-corrected chi connectivity index (χ1v) is 7.06. The number of alkyl halides is 3. The summed E-state index contributed by atoms with van der Waals surface area (Å²) in [6.45, 7) is 0.174. The molecule has 1 nitrogen and oxygen atoms in total. The molecule has 0 aliphatic carbocycles. The van der Waals surface area contributed by atoms with Crippen molar-refractivity contribution < 1.29 is 17.6 Å². The van der Waals surface area contributed by atoms with Crippen LogP contribution in [0.25, 0.3) is 0 Å². The Hall–Kier alpha value is -1.40. The van der Waals surface area contributed by atoms with Crippen LogP contribution in [0, 0.1) is 5.82 Å². The maximum absolute atomic E-state index is 13.2. The summed E-state index contributed by atoms with van der Waals surface area (Å²) in [5.74, 6) is -0.489. The van der Waals surface area contributed by atoms with Crippen LogP contribution in [-0.4, -0.2) is 5.51 Å². The van der Waals surface area contributed by atoms with Gasteiger partial charge in [0, 0.05) is 22.2 Å². The number of hydrogen-bond donors (Lipinski definition) is 1. The summed E-state index contributed by atoms with van der Waals surface area (Å²) in [6.07, 6.45) is 0. The minimum Gasteiger partial charge on any atom is -0.380 e. The second-order valence-corrected chi connectivity index (χ2v) is 5.72. The van der Waals surface area contributed by atoms with E-state index in [1.165, 1.54) is 30.3 Å². The monoisotopic (exact) mass is 335 g/mol. The largest absolute Gasteiger partial charge is 0.446 e. The van der Waals surface area contributed by atoms with E-state index in [1.54, 1.807) is 12.1 Å². The smallest absolute Gasteiger partial charge is 0.380 e. The van der Waals surface area contributed by atoms with Gasteiger partial charge in [0.05, 0.1) is 0 Å². The zero-order chi connectivity index (χ0) is 15.5. The average molecular weight is 336 g/mol. The molecule has 0 saturated carbocycles. The van der Waals surface area contributed by atoms with Gasteiger partial charge in [0.25, 0.3) is 0 Å². The van der Waals surface area contributed by atoms with Gasteiger partial charge in [-0.1, -0.05) is 23.7 Å². The second-order valence-electron chi connectivity index (χ2n) is 4.18. The molecule has 7 heteroatoms.